The molecular weight excluding hydrogens is 198 g/mol. The molecule has 0 aromatic carbocycles. The molecule has 0 bridgehead atoms. The fourth-order valence-electron chi connectivity index (χ4n) is 1.17. The molecule has 0 aliphatic rings. The second-order valence-corrected chi connectivity index (χ2v) is 3.98. The molecule has 0 spiro atoms. The SMILES string of the molecule is COCCC(C)(O)CNCC(O)COC. The van der Waals surface area contributed by atoms with Crippen molar-refractivity contribution in [2.45, 2.75) is 25.0 Å². The van der Waals surface area contributed by atoms with E-state index >= 15 is 0 Å². The first-order valence-electron chi connectivity index (χ1n) is 5.11. The van der Waals surface area contributed by atoms with E-state index < -0.39 is 11.7 Å². The van der Waals surface area contributed by atoms with Crippen molar-refractivity contribution >= 4 is 0 Å². The minimum atomic E-state index is -0.803. The molecule has 0 radical (unpaired) electrons. The predicted molar refractivity (Wildman–Crippen MR) is 57.9 cm³/mol. The molecule has 5 nitrogen and oxygen atoms in total. The van der Waals surface area contributed by atoms with Gasteiger partial charge in [0.05, 0.1) is 18.3 Å². The highest BCUT2D eigenvalue weighted by Crippen LogP contribution is 2.07. The lowest BCUT2D eigenvalue weighted by molar-refractivity contribution is 0.0180. The molecule has 0 aliphatic carbocycles. The van der Waals surface area contributed by atoms with Crippen molar-refractivity contribution in [2.75, 3.05) is 40.5 Å². The average molecular weight is 221 g/mol. The van der Waals surface area contributed by atoms with Crippen molar-refractivity contribution in [1.82, 2.24) is 5.32 Å². The van der Waals surface area contributed by atoms with Crippen LogP contribution in [-0.2, 0) is 9.47 Å². The maximum atomic E-state index is 9.83. The summed E-state index contributed by atoms with van der Waals surface area (Å²) >= 11 is 0. The molecule has 0 amide bonds. The second kappa shape index (κ2) is 8.01. The zero-order valence-electron chi connectivity index (χ0n) is 9.82. The van der Waals surface area contributed by atoms with E-state index in [1.165, 1.54) is 7.11 Å². The van der Waals surface area contributed by atoms with Crippen LogP contribution in [0.4, 0.5) is 0 Å². The van der Waals surface area contributed by atoms with Gasteiger partial charge in [-0.15, -0.1) is 0 Å². The Kier molecular flexibility index (Phi) is 7.90. The molecule has 2 unspecified atom stereocenters. The van der Waals surface area contributed by atoms with Crippen molar-refractivity contribution < 1.29 is 19.7 Å². The zero-order valence-corrected chi connectivity index (χ0v) is 9.82. The van der Waals surface area contributed by atoms with Gasteiger partial charge in [0, 0.05) is 40.3 Å². The monoisotopic (exact) mass is 221 g/mol. The number of rotatable bonds is 9. The Bertz CT molecular complexity index is 152. The highest BCUT2D eigenvalue weighted by Gasteiger charge is 2.19. The Labute approximate surface area is 91.4 Å². The molecule has 3 N–H and O–H groups in total. The summed E-state index contributed by atoms with van der Waals surface area (Å²) < 4.78 is 9.67. The van der Waals surface area contributed by atoms with Crippen LogP contribution in [0.3, 0.4) is 0 Å². The van der Waals surface area contributed by atoms with Crippen LogP contribution in [-0.4, -0.2) is 62.4 Å². The Balaban J connectivity index is 3.55. The quantitative estimate of drug-likeness (QED) is 0.483. The van der Waals surface area contributed by atoms with Crippen molar-refractivity contribution in [3.05, 3.63) is 0 Å². The van der Waals surface area contributed by atoms with Crippen LogP contribution in [0.5, 0.6) is 0 Å². The van der Waals surface area contributed by atoms with Crippen LogP contribution in [0.2, 0.25) is 0 Å². The van der Waals surface area contributed by atoms with Gasteiger partial charge in [-0.05, 0) is 6.92 Å². The number of aliphatic hydroxyl groups is 2. The van der Waals surface area contributed by atoms with Crippen molar-refractivity contribution in [3.63, 3.8) is 0 Å². The van der Waals surface area contributed by atoms with E-state index in [-0.39, 0.29) is 0 Å². The summed E-state index contributed by atoms with van der Waals surface area (Å²) in [5, 5.41) is 22.1. The highest BCUT2D eigenvalue weighted by molar-refractivity contribution is 4.75. The molecule has 0 heterocycles. The van der Waals surface area contributed by atoms with E-state index in [0.717, 1.165) is 0 Å². The van der Waals surface area contributed by atoms with Crippen molar-refractivity contribution in [1.29, 1.82) is 0 Å². The molecule has 0 rings (SSSR count). The smallest absolute Gasteiger partial charge is 0.0897 e. The van der Waals surface area contributed by atoms with Gasteiger partial charge in [-0.1, -0.05) is 0 Å². The van der Waals surface area contributed by atoms with E-state index in [1.807, 2.05) is 0 Å². The van der Waals surface area contributed by atoms with Gasteiger partial charge in [0.1, 0.15) is 0 Å². The van der Waals surface area contributed by atoms with Crippen LogP contribution in [0.15, 0.2) is 0 Å². The van der Waals surface area contributed by atoms with Gasteiger partial charge >= 0.3 is 0 Å². The normalized spacial score (nSPS) is 17.4. The predicted octanol–water partition coefficient (Wildman–Crippen LogP) is -0.629. The number of hydrogen-bond acceptors (Lipinski definition) is 5. The Morgan fingerprint density at radius 1 is 1.33 bits per heavy atom. The molecule has 0 saturated carbocycles. The molecule has 92 valence electrons. The highest BCUT2D eigenvalue weighted by atomic mass is 16.5. The lowest BCUT2D eigenvalue weighted by Crippen LogP contribution is -2.42. The van der Waals surface area contributed by atoms with E-state index in [2.05, 4.69) is 5.32 Å². The standard InChI is InChI=1S/C10H23NO4/c1-10(13,4-5-14-2)8-11-6-9(12)7-15-3/h9,11-13H,4-8H2,1-3H3. The first kappa shape index (κ1) is 14.8. The Morgan fingerprint density at radius 3 is 2.53 bits per heavy atom. The van der Waals surface area contributed by atoms with Gasteiger partial charge in [-0.25, -0.2) is 0 Å². The van der Waals surface area contributed by atoms with Crippen LogP contribution in [0.25, 0.3) is 0 Å². The van der Waals surface area contributed by atoms with E-state index in [9.17, 15) is 10.2 Å². The first-order chi connectivity index (χ1) is 7.02. The van der Waals surface area contributed by atoms with E-state index in [1.54, 1.807) is 14.0 Å². The average Bonchev–Trinajstić information content (AvgIpc) is 2.15. The van der Waals surface area contributed by atoms with Crippen LogP contribution >= 0.6 is 0 Å². The minimum Gasteiger partial charge on any atom is -0.389 e. The molecular formula is C10H23NO4. The fourth-order valence-corrected chi connectivity index (χ4v) is 1.17. The summed E-state index contributed by atoms with van der Waals surface area (Å²) in [5.41, 5.74) is -0.803. The third kappa shape index (κ3) is 8.77. The lowest BCUT2D eigenvalue weighted by Gasteiger charge is -2.24. The van der Waals surface area contributed by atoms with E-state index in [4.69, 9.17) is 9.47 Å². The van der Waals surface area contributed by atoms with Gasteiger partial charge in [0.25, 0.3) is 0 Å². The van der Waals surface area contributed by atoms with Crippen molar-refractivity contribution in [2.24, 2.45) is 0 Å². The molecule has 0 aliphatic heterocycles. The summed E-state index contributed by atoms with van der Waals surface area (Å²) in [5.74, 6) is 0. The maximum Gasteiger partial charge on any atom is 0.0897 e. The van der Waals surface area contributed by atoms with Gasteiger partial charge in [-0.3, -0.25) is 0 Å². The van der Waals surface area contributed by atoms with Crippen LogP contribution in [0.1, 0.15) is 13.3 Å². The zero-order chi connectivity index (χ0) is 11.7. The van der Waals surface area contributed by atoms with Gasteiger partial charge in [0.2, 0.25) is 0 Å². The molecule has 15 heavy (non-hydrogen) atoms. The summed E-state index contributed by atoms with van der Waals surface area (Å²) in [6.45, 7) is 3.40. The summed E-state index contributed by atoms with van der Waals surface area (Å²) in [7, 11) is 3.14. The Hall–Kier alpha value is -0.200. The maximum absolute atomic E-state index is 9.83. The van der Waals surface area contributed by atoms with Crippen molar-refractivity contribution in [3.8, 4) is 0 Å². The summed E-state index contributed by atoms with van der Waals surface area (Å²) in [4.78, 5) is 0. The molecule has 2 atom stereocenters. The fraction of sp³-hybridized carbons (Fsp3) is 1.00. The summed E-state index contributed by atoms with van der Waals surface area (Å²) in [6.07, 6.45) is 0.0323. The largest absolute Gasteiger partial charge is 0.389 e. The van der Waals surface area contributed by atoms with E-state index in [0.29, 0.717) is 32.7 Å². The molecule has 0 fully saturated rings. The van der Waals surface area contributed by atoms with Crippen LogP contribution in [0, 0.1) is 0 Å². The number of ether oxygens (including phenoxy) is 2. The molecule has 0 aromatic heterocycles. The van der Waals surface area contributed by atoms with Gasteiger partial charge in [-0.2, -0.15) is 0 Å². The topological polar surface area (TPSA) is 71.0 Å². The first-order valence-corrected chi connectivity index (χ1v) is 5.11. The lowest BCUT2D eigenvalue weighted by atomic mass is 10.0. The minimum absolute atomic E-state index is 0.299. The number of methoxy groups -OCH3 is 2. The molecule has 5 heteroatoms. The number of hydrogen-bond donors (Lipinski definition) is 3. The van der Waals surface area contributed by atoms with Gasteiger partial charge in [0.15, 0.2) is 0 Å². The Morgan fingerprint density at radius 2 is 2.00 bits per heavy atom. The second-order valence-electron chi connectivity index (χ2n) is 3.98. The molecule has 0 aromatic rings. The van der Waals surface area contributed by atoms with Crippen LogP contribution < -0.4 is 5.32 Å². The molecule has 0 saturated heterocycles. The number of nitrogens with one attached hydrogen (secondary N) is 1. The third-order valence-electron chi connectivity index (χ3n) is 2.09. The summed E-state index contributed by atoms with van der Waals surface area (Å²) in [6, 6.07) is 0. The number of aliphatic hydroxyl groups excluding tert-OH is 1. The third-order valence-corrected chi connectivity index (χ3v) is 2.09. The van der Waals surface area contributed by atoms with Gasteiger partial charge < -0.3 is 25.0 Å².